The average Bonchev–Trinajstić information content (AvgIpc) is 3.29. The van der Waals surface area contributed by atoms with Gasteiger partial charge in [-0.2, -0.15) is 0 Å². The summed E-state index contributed by atoms with van der Waals surface area (Å²) in [6.07, 6.45) is 3.73. The van der Waals surface area contributed by atoms with E-state index in [0.717, 1.165) is 68.7 Å². The Bertz CT molecular complexity index is 1250. The fourth-order valence-corrected chi connectivity index (χ4v) is 5.82. The number of aromatic amines is 1. The molecule has 1 aromatic heterocycles. The highest BCUT2D eigenvalue weighted by molar-refractivity contribution is 7.92. The van der Waals surface area contributed by atoms with E-state index in [1.54, 1.807) is 42.5 Å². The molecular weight excluding hydrogens is 452 g/mol. The van der Waals surface area contributed by atoms with Gasteiger partial charge in [0.25, 0.3) is 10.0 Å². The number of rotatable bonds is 5. The van der Waals surface area contributed by atoms with Crippen molar-refractivity contribution in [2.45, 2.75) is 42.5 Å². The number of imidazole rings is 1. The lowest BCUT2D eigenvalue weighted by molar-refractivity contribution is 0.181. The molecule has 2 heterocycles. The predicted octanol–water partition coefficient (Wildman–Crippen LogP) is 3.00. The van der Waals surface area contributed by atoms with Crippen LogP contribution in [0, 0.1) is 0 Å². The minimum atomic E-state index is -3.65. The average molecular weight is 483 g/mol. The zero-order chi connectivity index (χ0) is 23.5. The standard InChI is InChI=1S/C24H30N6O3S/c31-24(30-14-12-25-13-15-30)26-18-8-6-17(7-9-18)23-27-21-11-10-19(16-22(21)28-23)29-34(32,33)20-4-2-1-3-5-20/h1-5,10-11,16-18,25,29H,6-9,12-15H2,(H,26,31)(H,27,28). The fraction of sp³-hybridized carbons (Fsp3) is 0.417. The molecule has 180 valence electrons. The predicted molar refractivity (Wildman–Crippen MR) is 131 cm³/mol. The van der Waals surface area contributed by atoms with Crippen molar-refractivity contribution < 1.29 is 13.2 Å². The summed E-state index contributed by atoms with van der Waals surface area (Å²) in [7, 11) is -3.65. The van der Waals surface area contributed by atoms with Crippen LogP contribution in [0.15, 0.2) is 53.4 Å². The SMILES string of the molecule is O=C(NC1CCC(c2nc3ccc(NS(=O)(=O)c4ccccc4)cc3[nH]2)CC1)N1CCNCC1. The van der Waals surface area contributed by atoms with Crippen molar-refractivity contribution in [3.63, 3.8) is 0 Å². The number of hydrogen-bond acceptors (Lipinski definition) is 5. The zero-order valence-electron chi connectivity index (χ0n) is 19.0. The van der Waals surface area contributed by atoms with Gasteiger partial charge in [-0.25, -0.2) is 18.2 Å². The Balaban J connectivity index is 1.21. The van der Waals surface area contributed by atoms with Gasteiger partial charge in [0.15, 0.2) is 0 Å². The van der Waals surface area contributed by atoms with E-state index in [-0.39, 0.29) is 17.0 Å². The van der Waals surface area contributed by atoms with Crippen LogP contribution in [0.2, 0.25) is 0 Å². The number of H-pyrrole nitrogens is 1. The monoisotopic (exact) mass is 482 g/mol. The molecule has 0 spiro atoms. The highest BCUT2D eigenvalue weighted by atomic mass is 32.2. The molecule has 2 amide bonds. The first-order chi connectivity index (χ1) is 16.5. The highest BCUT2D eigenvalue weighted by Crippen LogP contribution is 2.33. The third kappa shape index (κ3) is 5.02. The van der Waals surface area contributed by atoms with Gasteiger partial charge in [0.1, 0.15) is 5.82 Å². The van der Waals surface area contributed by atoms with E-state index in [2.05, 4.69) is 20.3 Å². The second kappa shape index (κ2) is 9.63. The van der Waals surface area contributed by atoms with Crippen molar-refractivity contribution >= 4 is 32.8 Å². The first-order valence-corrected chi connectivity index (χ1v) is 13.3. The van der Waals surface area contributed by atoms with Crippen LogP contribution in [0.5, 0.6) is 0 Å². The molecule has 0 radical (unpaired) electrons. The van der Waals surface area contributed by atoms with E-state index in [9.17, 15) is 13.2 Å². The van der Waals surface area contributed by atoms with Crippen LogP contribution in [0.1, 0.15) is 37.4 Å². The number of urea groups is 1. The van der Waals surface area contributed by atoms with Crippen LogP contribution in [0.25, 0.3) is 11.0 Å². The number of sulfonamides is 1. The third-order valence-corrected chi connectivity index (χ3v) is 8.05. The molecule has 0 atom stereocenters. The second-order valence-electron chi connectivity index (χ2n) is 9.01. The van der Waals surface area contributed by atoms with Gasteiger partial charge in [0, 0.05) is 38.1 Å². The lowest BCUT2D eigenvalue weighted by atomic mass is 9.85. The summed E-state index contributed by atoms with van der Waals surface area (Å²) < 4.78 is 27.9. The Morgan fingerprint density at radius 1 is 1.00 bits per heavy atom. The van der Waals surface area contributed by atoms with Gasteiger partial charge in [0.05, 0.1) is 21.6 Å². The molecule has 4 N–H and O–H groups in total. The summed E-state index contributed by atoms with van der Waals surface area (Å²) in [4.78, 5) is 22.7. The van der Waals surface area contributed by atoms with Crippen molar-refractivity contribution in [2.75, 3.05) is 30.9 Å². The van der Waals surface area contributed by atoms with E-state index in [1.807, 2.05) is 11.0 Å². The third-order valence-electron chi connectivity index (χ3n) is 6.65. The fourth-order valence-electron chi connectivity index (χ4n) is 4.74. The van der Waals surface area contributed by atoms with E-state index in [4.69, 9.17) is 4.98 Å². The molecule has 1 aliphatic heterocycles. The summed E-state index contributed by atoms with van der Waals surface area (Å²) in [5.74, 6) is 1.22. The maximum Gasteiger partial charge on any atom is 0.317 e. The van der Waals surface area contributed by atoms with Gasteiger partial charge in [-0.15, -0.1) is 0 Å². The van der Waals surface area contributed by atoms with E-state index >= 15 is 0 Å². The molecule has 2 aliphatic rings. The van der Waals surface area contributed by atoms with Crippen LogP contribution >= 0.6 is 0 Å². The molecule has 10 heteroatoms. The van der Waals surface area contributed by atoms with Crippen molar-refractivity contribution in [1.82, 2.24) is 25.5 Å². The number of anilines is 1. The van der Waals surface area contributed by atoms with Gasteiger partial charge >= 0.3 is 6.03 Å². The molecule has 9 nitrogen and oxygen atoms in total. The van der Waals surface area contributed by atoms with E-state index in [0.29, 0.717) is 11.6 Å². The quantitative estimate of drug-likeness (QED) is 0.446. The number of piperazine rings is 1. The summed E-state index contributed by atoms with van der Waals surface area (Å²) in [6.45, 7) is 3.20. The van der Waals surface area contributed by atoms with Crippen molar-refractivity contribution in [3.8, 4) is 0 Å². The van der Waals surface area contributed by atoms with Gasteiger partial charge in [-0.3, -0.25) is 4.72 Å². The molecule has 3 aromatic rings. The first kappa shape index (κ1) is 22.7. The summed E-state index contributed by atoms with van der Waals surface area (Å²) in [5.41, 5.74) is 2.11. The van der Waals surface area contributed by atoms with Crippen LogP contribution in [-0.4, -0.2) is 61.5 Å². The van der Waals surface area contributed by atoms with Crippen LogP contribution in [-0.2, 0) is 10.0 Å². The maximum atomic E-state index is 12.6. The lowest BCUT2D eigenvalue weighted by Crippen LogP contribution is -2.52. The summed E-state index contributed by atoms with van der Waals surface area (Å²) >= 11 is 0. The number of carbonyl (C=O) groups excluding carboxylic acids is 1. The molecule has 5 rings (SSSR count). The molecule has 0 bridgehead atoms. The Morgan fingerprint density at radius 3 is 2.47 bits per heavy atom. The van der Waals surface area contributed by atoms with E-state index in [1.165, 1.54) is 0 Å². The largest absolute Gasteiger partial charge is 0.342 e. The van der Waals surface area contributed by atoms with Gasteiger partial charge < -0.3 is 20.5 Å². The maximum absolute atomic E-state index is 12.6. The number of amides is 2. The number of nitrogens with one attached hydrogen (secondary N) is 4. The molecule has 2 fully saturated rings. The Kier molecular flexibility index (Phi) is 6.42. The molecule has 2 aromatic carbocycles. The minimum absolute atomic E-state index is 0.0409. The Labute approximate surface area is 199 Å². The van der Waals surface area contributed by atoms with Crippen LogP contribution < -0.4 is 15.4 Å². The molecule has 34 heavy (non-hydrogen) atoms. The van der Waals surface area contributed by atoms with E-state index < -0.39 is 10.0 Å². The molecule has 1 aliphatic carbocycles. The number of fused-ring (bicyclic) bond motifs is 1. The molecular formula is C24H30N6O3S. The van der Waals surface area contributed by atoms with Crippen LogP contribution in [0.4, 0.5) is 10.5 Å². The number of benzene rings is 2. The van der Waals surface area contributed by atoms with Crippen molar-refractivity contribution in [1.29, 1.82) is 0 Å². The molecule has 1 saturated carbocycles. The topological polar surface area (TPSA) is 119 Å². The number of nitrogens with zero attached hydrogens (tertiary/aromatic N) is 2. The summed E-state index contributed by atoms with van der Waals surface area (Å²) in [6, 6.07) is 13.9. The van der Waals surface area contributed by atoms with Gasteiger partial charge in [-0.05, 0) is 56.0 Å². The zero-order valence-corrected chi connectivity index (χ0v) is 19.8. The Hall–Kier alpha value is -3.11. The van der Waals surface area contributed by atoms with Gasteiger partial charge in [0.2, 0.25) is 0 Å². The number of carbonyl (C=O) groups is 1. The second-order valence-corrected chi connectivity index (χ2v) is 10.7. The molecule has 1 saturated heterocycles. The number of hydrogen-bond donors (Lipinski definition) is 4. The Morgan fingerprint density at radius 2 is 1.74 bits per heavy atom. The highest BCUT2D eigenvalue weighted by Gasteiger charge is 2.27. The number of aromatic nitrogens is 2. The lowest BCUT2D eigenvalue weighted by Gasteiger charge is -2.32. The molecule has 0 unspecified atom stereocenters. The first-order valence-electron chi connectivity index (χ1n) is 11.8. The normalized spacial score (nSPS) is 21.4. The smallest absolute Gasteiger partial charge is 0.317 e. The summed E-state index contributed by atoms with van der Waals surface area (Å²) in [5, 5.41) is 6.46. The van der Waals surface area contributed by atoms with Crippen molar-refractivity contribution in [2.24, 2.45) is 0 Å². The van der Waals surface area contributed by atoms with Crippen LogP contribution in [0.3, 0.4) is 0 Å². The van der Waals surface area contributed by atoms with Gasteiger partial charge in [-0.1, -0.05) is 18.2 Å². The minimum Gasteiger partial charge on any atom is -0.342 e. The van der Waals surface area contributed by atoms with Crippen molar-refractivity contribution in [3.05, 3.63) is 54.4 Å².